The van der Waals surface area contributed by atoms with Crippen molar-refractivity contribution < 1.29 is 8.76 Å². The molecule has 2 unspecified atom stereocenters. The fourth-order valence-electron chi connectivity index (χ4n) is 2.11. The van der Waals surface area contributed by atoms with Gasteiger partial charge in [0.15, 0.2) is 11.1 Å². The highest BCUT2D eigenvalue weighted by molar-refractivity contribution is 7.79. The summed E-state index contributed by atoms with van der Waals surface area (Å²) in [5, 5.41) is 5.86. The minimum Gasteiger partial charge on any atom is -0.310 e. The first-order valence-electron chi connectivity index (χ1n) is 6.46. The van der Waals surface area contributed by atoms with Gasteiger partial charge in [0.2, 0.25) is 0 Å². The second-order valence-corrected chi connectivity index (χ2v) is 5.71. The molecule has 4 heteroatoms. The monoisotopic (exact) mass is 277 g/mol. The van der Waals surface area contributed by atoms with Crippen LogP contribution in [-0.4, -0.2) is 21.1 Å². The largest absolute Gasteiger partial charge is 0.310 e. The van der Waals surface area contributed by atoms with Crippen LogP contribution in [-0.2, 0) is 11.1 Å². The third kappa shape index (κ3) is 4.13. The zero-order chi connectivity index (χ0) is 13.7. The van der Waals surface area contributed by atoms with E-state index >= 15 is 0 Å². The molecule has 0 aliphatic rings. The summed E-state index contributed by atoms with van der Waals surface area (Å²) in [5.41, 5.74) is 1.24. The lowest BCUT2D eigenvalue weighted by Gasteiger charge is -2.14. The lowest BCUT2D eigenvalue weighted by Crippen LogP contribution is -2.21. The molecule has 2 aromatic rings. The molecule has 0 saturated carbocycles. The summed E-state index contributed by atoms with van der Waals surface area (Å²) in [6.07, 6.45) is 0.709. The quantitative estimate of drug-likeness (QED) is 0.630. The third-order valence-corrected chi connectivity index (χ3v) is 3.86. The minimum absolute atomic E-state index is 0.247. The van der Waals surface area contributed by atoms with Crippen LogP contribution in [0.5, 0.6) is 0 Å². The van der Waals surface area contributed by atoms with Gasteiger partial charge in [-0.05, 0) is 42.3 Å². The van der Waals surface area contributed by atoms with Gasteiger partial charge in [-0.1, -0.05) is 36.4 Å². The van der Waals surface area contributed by atoms with Gasteiger partial charge in [0.25, 0.3) is 0 Å². The number of benzene rings is 2. The van der Waals surface area contributed by atoms with E-state index < -0.39 is 11.1 Å². The molecule has 102 valence electrons. The molecule has 0 spiro atoms. The Morgan fingerprint density at radius 3 is 2.68 bits per heavy atom. The predicted molar refractivity (Wildman–Crippen MR) is 80.6 cm³/mol. The summed E-state index contributed by atoms with van der Waals surface area (Å²) in [5.74, 6) is 0.331. The standard InChI is InChI=1S/C15H19NO2S/c1-12(16-9-4-10-19(17)18)14-8-7-13-5-2-3-6-15(13)11-14/h2-3,5-8,11-12,16H,4,9-10H2,1H3,(H,17,18). The Hall–Kier alpha value is -1.23. The molecule has 0 aliphatic carbocycles. The Balaban J connectivity index is 1.97. The number of nitrogens with one attached hydrogen (secondary N) is 1. The Kier molecular flexibility index (Phi) is 5.07. The van der Waals surface area contributed by atoms with Gasteiger partial charge in [0.1, 0.15) is 0 Å². The average Bonchev–Trinajstić information content (AvgIpc) is 2.42. The van der Waals surface area contributed by atoms with Gasteiger partial charge in [-0.15, -0.1) is 0 Å². The van der Waals surface area contributed by atoms with Crippen molar-refractivity contribution in [3.63, 3.8) is 0 Å². The van der Waals surface area contributed by atoms with Crippen molar-refractivity contribution in [2.75, 3.05) is 12.3 Å². The highest BCUT2D eigenvalue weighted by Crippen LogP contribution is 2.20. The molecule has 2 aromatic carbocycles. The van der Waals surface area contributed by atoms with Gasteiger partial charge >= 0.3 is 0 Å². The van der Waals surface area contributed by atoms with Gasteiger partial charge in [-0.25, -0.2) is 4.21 Å². The molecular formula is C15H19NO2S. The smallest absolute Gasteiger partial charge is 0.152 e. The number of fused-ring (bicyclic) bond motifs is 1. The third-order valence-electron chi connectivity index (χ3n) is 3.22. The van der Waals surface area contributed by atoms with E-state index in [1.807, 2.05) is 12.1 Å². The van der Waals surface area contributed by atoms with Gasteiger partial charge < -0.3 is 9.87 Å². The van der Waals surface area contributed by atoms with Crippen LogP contribution in [0.25, 0.3) is 10.8 Å². The zero-order valence-electron chi connectivity index (χ0n) is 11.0. The Bertz CT molecular complexity index is 571. The highest BCUT2D eigenvalue weighted by atomic mass is 32.2. The van der Waals surface area contributed by atoms with E-state index in [2.05, 4.69) is 42.6 Å². The van der Waals surface area contributed by atoms with E-state index in [4.69, 9.17) is 4.55 Å². The molecule has 2 N–H and O–H groups in total. The van der Waals surface area contributed by atoms with Crippen molar-refractivity contribution in [1.82, 2.24) is 5.32 Å². The van der Waals surface area contributed by atoms with Crippen LogP contribution >= 0.6 is 0 Å². The normalized spacial score (nSPS) is 14.4. The Morgan fingerprint density at radius 2 is 1.95 bits per heavy atom. The summed E-state index contributed by atoms with van der Waals surface area (Å²) in [7, 11) is 0. The van der Waals surface area contributed by atoms with Crippen LogP contribution in [0.1, 0.15) is 24.9 Å². The minimum atomic E-state index is -1.68. The summed E-state index contributed by atoms with van der Waals surface area (Å²) in [6.45, 7) is 2.86. The predicted octanol–water partition coefficient (Wildman–Crippen LogP) is 3.10. The van der Waals surface area contributed by atoms with Crippen molar-refractivity contribution >= 4 is 21.9 Å². The van der Waals surface area contributed by atoms with Crippen molar-refractivity contribution in [1.29, 1.82) is 0 Å². The van der Waals surface area contributed by atoms with Crippen LogP contribution in [0.3, 0.4) is 0 Å². The zero-order valence-corrected chi connectivity index (χ0v) is 11.8. The van der Waals surface area contributed by atoms with Crippen LogP contribution in [0, 0.1) is 0 Å². The molecule has 3 nitrogen and oxygen atoms in total. The maximum Gasteiger partial charge on any atom is 0.152 e. The number of rotatable bonds is 6. The summed E-state index contributed by atoms with van der Waals surface area (Å²) >= 11 is -1.68. The fraction of sp³-hybridized carbons (Fsp3) is 0.333. The molecule has 0 bridgehead atoms. The van der Waals surface area contributed by atoms with Crippen LogP contribution < -0.4 is 5.32 Å². The van der Waals surface area contributed by atoms with Crippen molar-refractivity contribution in [2.45, 2.75) is 19.4 Å². The SMILES string of the molecule is CC(NCCCS(=O)O)c1ccc2ccccc2c1. The molecule has 0 fully saturated rings. The van der Waals surface area contributed by atoms with Gasteiger partial charge in [-0.3, -0.25) is 0 Å². The molecule has 0 aliphatic heterocycles. The highest BCUT2D eigenvalue weighted by Gasteiger charge is 2.05. The molecule has 2 rings (SSSR count). The van der Waals surface area contributed by atoms with E-state index in [0.29, 0.717) is 12.2 Å². The summed E-state index contributed by atoms with van der Waals surface area (Å²) in [4.78, 5) is 0. The average molecular weight is 277 g/mol. The van der Waals surface area contributed by atoms with E-state index in [-0.39, 0.29) is 6.04 Å². The maximum atomic E-state index is 10.5. The first kappa shape index (κ1) is 14.2. The second-order valence-electron chi connectivity index (χ2n) is 4.66. The molecule has 0 amide bonds. The topological polar surface area (TPSA) is 49.3 Å². The van der Waals surface area contributed by atoms with Crippen LogP contribution in [0.4, 0.5) is 0 Å². The molecule has 0 saturated heterocycles. The van der Waals surface area contributed by atoms with Gasteiger partial charge in [0, 0.05) is 6.04 Å². The fourth-order valence-corrected chi connectivity index (χ4v) is 2.50. The Labute approximate surface area is 116 Å². The van der Waals surface area contributed by atoms with Crippen molar-refractivity contribution in [3.8, 4) is 0 Å². The molecule has 0 radical (unpaired) electrons. The molecule has 0 aromatic heterocycles. The van der Waals surface area contributed by atoms with Gasteiger partial charge in [-0.2, -0.15) is 0 Å². The van der Waals surface area contributed by atoms with E-state index in [1.165, 1.54) is 16.3 Å². The van der Waals surface area contributed by atoms with E-state index in [0.717, 1.165) is 6.54 Å². The maximum absolute atomic E-state index is 10.5. The Morgan fingerprint density at radius 1 is 1.21 bits per heavy atom. The molecule has 2 atom stereocenters. The molecule has 19 heavy (non-hydrogen) atoms. The van der Waals surface area contributed by atoms with Gasteiger partial charge in [0.05, 0.1) is 5.75 Å². The molecular weight excluding hydrogens is 258 g/mol. The first-order valence-corrected chi connectivity index (χ1v) is 7.74. The number of hydrogen-bond donors (Lipinski definition) is 2. The van der Waals surface area contributed by atoms with Crippen molar-refractivity contribution in [3.05, 3.63) is 48.0 Å². The summed E-state index contributed by atoms with van der Waals surface area (Å²) in [6, 6.07) is 15.0. The lowest BCUT2D eigenvalue weighted by molar-refractivity contribution is 0.546. The van der Waals surface area contributed by atoms with Crippen LogP contribution in [0.2, 0.25) is 0 Å². The summed E-state index contributed by atoms with van der Waals surface area (Å²) < 4.78 is 19.2. The molecule has 0 heterocycles. The van der Waals surface area contributed by atoms with E-state index in [1.54, 1.807) is 0 Å². The lowest BCUT2D eigenvalue weighted by atomic mass is 10.0. The second kappa shape index (κ2) is 6.80. The number of hydrogen-bond acceptors (Lipinski definition) is 2. The van der Waals surface area contributed by atoms with Crippen LogP contribution in [0.15, 0.2) is 42.5 Å². The van der Waals surface area contributed by atoms with Crippen molar-refractivity contribution in [2.24, 2.45) is 0 Å². The van der Waals surface area contributed by atoms with E-state index in [9.17, 15) is 4.21 Å². The first-order chi connectivity index (χ1) is 9.16.